The van der Waals surface area contributed by atoms with Gasteiger partial charge in [-0.05, 0) is 75.7 Å². The van der Waals surface area contributed by atoms with Crippen LogP contribution < -0.4 is 25.4 Å². The van der Waals surface area contributed by atoms with Crippen molar-refractivity contribution >= 4 is 56.6 Å². The van der Waals surface area contributed by atoms with E-state index in [0.717, 1.165) is 45.5 Å². The molecule has 8 aromatic rings. The molecule has 0 unspecified atom stereocenters. The van der Waals surface area contributed by atoms with Gasteiger partial charge in [0, 0.05) is 42.2 Å². The molecule has 0 saturated heterocycles. The summed E-state index contributed by atoms with van der Waals surface area (Å²) in [6.45, 7) is 1.66. The SMILES string of the molecule is COC(=O)c1nc(OC)ccc1NC(=O)c1ccc(Cn2ccnn2)c2ccccc12.COc1ccc(NC(=O)c2ccc(Cn3ccnn3)c3ccccc23)c(C(=O)NCC2CCC2)n1. The van der Waals surface area contributed by atoms with E-state index in [1.165, 1.54) is 27.8 Å². The molecule has 1 aliphatic rings. The van der Waals surface area contributed by atoms with Gasteiger partial charge in [0.15, 0.2) is 11.4 Å². The summed E-state index contributed by atoms with van der Waals surface area (Å²) in [5, 5.41) is 27.8. The van der Waals surface area contributed by atoms with Gasteiger partial charge in [-0.1, -0.05) is 77.5 Å². The molecule has 1 saturated carbocycles. The van der Waals surface area contributed by atoms with Gasteiger partial charge in [0.2, 0.25) is 11.8 Å². The first kappa shape index (κ1) is 44.1. The maximum atomic E-state index is 13.4. The van der Waals surface area contributed by atoms with Crippen molar-refractivity contribution in [1.29, 1.82) is 0 Å². The molecular weight excluding hydrogens is 843 g/mol. The Kier molecular flexibility index (Phi) is 13.6. The number of anilines is 2. The summed E-state index contributed by atoms with van der Waals surface area (Å²) in [5.74, 6) is -0.665. The number of carbonyl (C=O) groups excluding carboxylic acids is 4. The van der Waals surface area contributed by atoms with Crippen molar-refractivity contribution in [3.8, 4) is 11.8 Å². The molecule has 334 valence electrons. The highest BCUT2D eigenvalue weighted by molar-refractivity contribution is 6.16. The predicted octanol–water partition coefficient (Wildman–Crippen LogP) is 6.59. The average molecular weight is 888 g/mol. The molecule has 0 atom stereocenters. The zero-order valence-electron chi connectivity index (χ0n) is 36.3. The third kappa shape index (κ3) is 9.97. The van der Waals surface area contributed by atoms with E-state index < -0.39 is 5.97 Å². The molecule has 18 nitrogen and oxygen atoms in total. The number of aromatic nitrogens is 8. The molecule has 0 spiro atoms. The second-order valence-electron chi connectivity index (χ2n) is 15.2. The number of hydrogen-bond donors (Lipinski definition) is 3. The van der Waals surface area contributed by atoms with E-state index >= 15 is 0 Å². The highest BCUT2D eigenvalue weighted by Gasteiger charge is 2.23. The molecule has 0 aliphatic heterocycles. The average Bonchev–Trinajstić information content (AvgIpc) is 4.06. The smallest absolute Gasteiger partial charge is 0.358 e. The highest BCUT2D eigenvalue weighted by Crippen LogP contribution is 2.29. The van der Waals surface area contributed by atoms with Gasteiger partial charge in [0.05, 0.1) is 58.2 Å². The number of fused-ring (bicyclic) bond motifs is 2. The monoisotopic (exact) mass is 887 g/mol. The third-order valence-electron chi connectivity index (χ3n) is 11.2. The van der Waals surface area contributed by atoms with E-state index in [9.17, 15) is 19.2 Å². The van der Waals surface area contributed by atoms with Crippen LogP contribution in [0.5, 0.6) is 11.8 Å². The molecule has 18 heteroatoms. The normalized spacial score (nSPS) is 12.0. The minimum absolute atomic E-state index is 0.0395. The molecule has 1 aliphatic carbocycles. The molecule has 4 heterocycles. The third-order valence-corrected chi connectivity index (χ3v) is 11.2. The Morgan fingerprint density at radius 2 is 1.08 bits per heavy atom. The summed E-state index contributed by atoms with van der Waals surface area (Å²) in [4.78, 5) is 59.9. The van der Waals surface area contributed by atoms with Crippen molar-refractivity contribution in [2.75, 3.05) is 38.5 Å². The lowest BCUT2D eigenvalue weighted by Crippen LogP contribution is -2.33. The summed E-state index contributed by atoms with van der Waals surface area (Å²) in [6.07, 6.45) is 10.3. The van der Waals surface area contributed by atoms with Gasteiger partial charge in [-0.2, -0.15) is 0 Å². The zero-order chi connectivity index (χ0) is 46.0. The first-order chi connectivity index (χ1) is 32.2. The number of methoxy groups -OCH3 is 3. The van der Waals surface area contributed by atoms with Gasteiger partial charge in [0.25, 0.3) is 17.7 Å². The molecule has 0 radical (unpaired) electrons. The largest absolute Gasteiger partial charge is 0.481 e. The first-order valence-corrected chi connectivity index (χ1v) is 21.0. The second kappa shape index (κ2) is 20.3. The first-order valence-electron chi connectivity index (χ1n) is 21.0. The van der Waals surface area contributed by atoms with E-state index in [4.69, 9.17) is 14.2 Å². The molecule has 3 N–H and O–H groups in total. The molecule has 0 bridgehead atoms. The Bertz CT molecular complexity index is 3030. The Labute approximate surface area is 378 Å². The van der Waals surface area contributed by atoms with E-state index in [1.807, 2.05) is 60.7 Å². The zero-order valence-corrected chi connectivity index (χ0v) is 36.3. The Morgan fingerprint density at radius 1 is 0.591 bits per heavy atom. The van der Waals surface area contributed by atoms with Gasteiger partial charge >= 0.3 is 5.97 Å². The lowest BCUT2D eigenvalue weighted by molar-refractivity contribution is 0.0594. The number of rotatable bonds is 14. The maximum absolute atomic E-state index is 13.4. The number of ether oxygens (including phenoxy) is 3. The van der Waals surface area contributed by atoms with Crippen LogP contribution in [0.15, 0.2) is 122 Å². The fourth-order valence-electron chi connectivity index (χ4n) is 7.51. The van der Waals surface area contributed by atoms with Crippen LogP contribution in [0.2, 0.25) is 0 Å². The fraction of sp³-hybridized carbons (Fsp3) is 0.208. The minimum Gasteiger partial charge on any atom is -0.481 e. The van der Waals surface area contributed by atoms with Gasteiger partial charge in [-0.3, -0.25) is 14.4 Å². The number of nitrogens with zero attached hydrogens (tertiary/aromatic N) is 8. The van der Waals surface area contributed by atoms with Crippen molar-refractivity contribution < 1.29 is 33.4 Å². The number of carbonyl (C=O) groups is 4. The van der Waals surface area contributed by atoms with Crippen LogP contribution in [0.25, 0.3) is 21.5 Å². The second-order valence-corrected chi connectivity index (χ2v) is 15.2. The molecule has 3 amide bonds. The molecule has 4 aromatic carbocycles. The summed E-state index contributed by atoms with van der Waals surface area (Å²) < 4.78 is 18.5. The molecule has 9 rings (SSSR count). The van der Waals surface area contributed by atoms with Crippen LogP contribution in [-0.2, 0) is 17.8 Å². The quantitative estimate of drug-likeness (QED) is 0.0984. The lowest BCUT2D eigenvalue weighted by Gasteiger charge is -2.25. The van der Waals surface area contributed by atoms with Crippen LogP contribution >= 0.6 is 0 Å². The van der Waals surface area contributed by atoms with Crippen LogP contribution in [0.3, 0.4) is 0 Å². The summed E-state index contributed by atoms with van der Waals surface area (Å²) in [6, 6.07) is 29.0. The van der Waals surface area contributed by atoms with Crippen molar-refractivity contribution in [2.45, 2.75) is 32.4 Å². The number of amides is 3. The Morgan fingerprint density at radius 3 is 1.52 bits per heavy atom. The van der Waals surface area contributed by atoms with Crippen molar-refractivity contribution in [3.05, 3.63) is 155 Å². The highest BCUT2D eigenvalue weighted by atomic mass is 16.5. The number of benzene rings is 4. The number of esters is 1. The van der Waals surface area contributed by atoms with E-state index in [-0.39, 0.29) is 40.7 Å². The predicted molar refractivity (Wildman–Crippen MR) is 245 cm³/mol. The number of hydrogen-bond acceptors (Lipinski definition) is 13. The van der Waals surface area contributed by atoms with Crippen LogP contribution in [0.1, 0.15) is 72.1 Å². The molecule has 4 aromatic heterocycles. The van der Waals surface area contributed by atoms with E-state index in [2.05, 4.69) is 46.5 Å². The maximum Gasteiger partial charge on any atom is 0.358 e. The molecule has 66 heavy (non-hydrogen) atoms. The van der Waals surface area contributed by atoms with Gasteiger partial charge < -0.3 is 30.2 Å². The standard InChI is InChI=1S/C26H26N6O3.C22H19N5O4/c1-35-23-12-11-22(24(30-23)26(34)27-15-17-5-4-6-17)29-25(33)21-10-9-18(16-32-14-13-28-31-32)19-7-2-3-8-20(19)21;1-30-19-10-9-18(20(25-19)22(29)31-2)24-21(28)17-8-7-14(13-27-12-11-23-26-27)15-5-3-4-6-16(15)17/h2-3,7-14,17H,4-6,15-16H2,1H3,(H,27,34)(H,29,33);3-12H,13H2,1-2H3,(H,24,28). The summed E-state index contributed by atoms with van der Waals surface area (Å²) >= 11 is 0. The van der Waals surface area contributed by atoms with Crippen molar-refractivity contribution in [1.82, 2.24) is 45.3 Å². The van der Waals surface area contributed by atoms with Gasteiger partial charge in [-0.25, -0.2) is 24.1 Å². The van der Waals surface area contributed by atoms with Gasteiger partial charge in [0.1, 0.15) is 0 Å². The minimum atomic E-state index is -0.678. The fourth-order valence-corrected chi connectivity index (χ4v) is 7.51. The lowest BCUT2D eigenvalue weighted by atomic mass is 9.85. The van der Waals surface area contributed by atoms with Crippen molar-refractivity contribution in [2.24, 2.45) is 5.92 Å². The van der Waals surface area contributed by atoms with E-state index in [0.29, 0.717) is 48.2 Å². The van der Waals surface area contributed by atoms with E-state index in [1.54, 1.807) is 70.5 Å². The summed E-state index contributed by atoms with van der Waals surface area (Å²) in [5.41, 5.74) is 3.63. The Balaban J connectivity index is 0.000000181. The van der Waals surface area contributed by atoms with Crippen LogP contribution in [0, 0.1) is 5.92 Å². The molecule has 1 fully saturated rings. The Hall–Kier alpha value is -8.54. The van der Waals surface area contributed by atoms with Crippen molar-refractivity contribution in [3.63, 3.8) is 0 Å². The molecular formula is C48H45N11O7. The number of pyridine rings is 2. The van der Waals surface area contributed by atoms with Gasteiger partial charge in [-0.15, -0.1) is 10.2 Å². The topological polar surface area (TPSA) is 219 Å². The van der Waals surface area contributed by atoms with Crippen LogP contribution in [-0.4, -0.2) is 91.5 Å². The summed E-state index contributed by atoms with van der Waals surface area (Å²) in [7, 11) is 4.18. The van der Waals surface area contributed by atoms with Crippen LogP contribution in [0.4, 0.5) is 11.4 Å². The number of nitrogens with one attached hydrogen (secondary N) is 3.